The molecule has 1 aliphatic heterocycles. The fraction of sp³-hybridized carbons (Fsp3) is 0.379. The van der Waals surface area contributed by atoms with Crippen molar-refractivity contribution in [2.75, 3.05) is 26.2 Å². The summed E-state index contributed by atoms with van der Waals surface area (Å²) in [6.07, 6.45) is 1.44. The summed E-state index contributed by atoms with van der Waals surface area (Å²) < 4.78 is 31.2. The first-order valence-electron chi connectivity index (χ1n) is 13.6. The second kappa shape index (κ2) is 11.3. The average Bonchev–Trinajstić information content (AvgIpc) is 3.40. The van der Waals surface area contributed by atoms with E-state index in [1.165, 1.54) is 10.1 Å². The number of aromatic nitrogens is 3. The molecule has 1 saturated heterocycles. The van der Waals surface area contributed by atoms with Crippen LogP contribution in [0.15, 0.2) is 75.1 Å². The van der Waals surface area contributed by atoms with E-state index in [-0.39, 0.29) is 16.1 Å². The molecule has 0 unspecified atom stereocenters. The molecule has 1 aliphatic rings. The molecule has 0 bridgehead atoms. The predicted molar refractivity (Wildman–Crippen MR) is 153 cm³/mol. The van der Waals surface area contributed by atoms with E-state index in [0.717, 1.165) is 18.5 Å². The lowest BCUT2D eigenvalue weighted by atomic mass is 10.1. The minimum Gasteiger partial charge on any atom is -0.349 e. The highest BCUT2D eigenvalue weighted by molar-refractivity contribution is 7.89. The van der Waals surface area contributed by atoms with Crippen molar-refractivity contribution in [2.24, 2.45) is 0 Å². The van der Waals surface area contributed by atoms with Gasteiger partial charge in [0.2, 0.25) is 10.0 Å². The summed E-state index contributed by atoms with van der Waals surface area (Å²) in [5, 5.41) is 0. The summed E-state index contributed by atoms with van der Waals surface area (Å²) in [5.41, 5.74) is 2.95. The summed E-state index contributed by atoms with van der Waals surface area (Å²) in [6, 6.07) is 18.7. The molecule has 1 N–H and O–H groups in total. The van der Waals surface area contributed by atoms with Crippen molar-refractivity contribution in [2.45, 2.75) is 51.2 Å². The number of benzene rings is 2. The maximum absolute atomic E-state index is 13.4. The van der Waals surface area contributed by atoms with Gasteiger partial charge in [-0.25, -0.2) is 13.2 Å². The summed E-state index contributed by atoms with van der Waals surface area (Å²) in [4.78, 5) is 31.7. The van der Waals surface area contributed by atoms with Gasteiger partial charge in [-0.15, -0.1) is 0 Å². The van der Waals surface area contributed by atoms with E-state index in [9.17, 15) is 18.0 Å². The van der Waals surface area contributed by atoms with Crippen LogP contribution in [0.1, 0.15) is 32.3 Å². The Morgan fingerprint density at radius 3 is 2.10 bits per heavy atom. The molecule has 0 aliphatic carbocycles. The number of nitrogens with one attached hydrogen (secondary N) is 1. The van der Waals surface area contributed by atoms with E-state index in [1.54, 1.807) is 39.2 Å². The molecule has 0 radical (unpaired) electrons. The fourth-order valence-corrected chi connectivity index (χ4v) is 6.65. The summed E-state index contributed by atoms with van der Waals surface area (Å²) >= 11 is 0. The number of hydrogen-bond donors (Lipinski definition) is 1. The molecule has 4 aromatic rings. The third kappa shape index (κ3) is 5.36. The van der Waals surface area contributed by atoms with E-state index in [1.807, 2.05) is 32.0 Å². The third-order valence-electron chi connectivity index (χ3n) is 7.29. The van der Waals surface area contributed by atoms with Gasteiger partial charge in [0.05, 0.1) is 10.4 Å². The van der Waals surface area contributed by atoms with Crippen LogP contribution in [-0.2, 0) is 29.7 Å². The Bertz CT molecular complexity index is 1660. The number of piperazine rings is 1. The van der Waals surface area contributed by atoms with Crippen molar-refractivity contribution in [3.8, 4) is 11.3 Å². The third-order valence-corrected chi connectivity index (χ3v) is 9.20. The Morgan fingerprint density at radius 2 is 1.46 bits per heavy atom. The quantitative estimate of drug-likeness (QED) is 0.345. The number of sulfonamides is 1. The highest BCUT2D eigenvalue weighted by Crippen LogP contribution is 2.25. The molecule has 1 fully saturated rings. The lowest BCUT2D eigenvalue weighted by Crippen LogP contribution is -2.48. The Kier molecular flexibility index (Phi) is 7.88. The smallest absolute Gasteiger partial charge is 0.331 e. The zero-order valence-electron chi connectivity index (χ0n) is 22.5. The highest BCUT2D eigenvalue weighted by Gasteiger charge is 2.28. The Balaban J connectivity index is 1.36. The van der Waals surface area contributed by atoms with Gasteiger partial charge in [-0.05, 0) is 42.2 Å². The highest BCUT2D eigenvalue weighted by atomic mass is 32.2. The van der Waals surface area contributed by atoms with Crippen molar-refractivity contribution >= 4 is 21.1 Å². The van der Waals surface area contributed by atoms with Gasteiger partial charge >= 0.3 is 5.69 Å². The molecule has 5 rings (SSSR count). The molecule has 3 heterocycles. The number of hydrogen-bond acceptors (Lipinski definition) is 5. The van der Waals surface area contributed by atoms with Gasteiger partial charge in [-0.3, -0.25) is 18.8 Å². The lowest BCUT2D eigenvalue weighted by Gasteiger charge is -2.34. The molecule has 2 aromatic heterocycles. The molecule has 0 spiro atoms. The maximum Gasteiger partial charge on any atom is 0.331 e. The number of aryl methyl sites for hydroxylation is 1. The normalized spacial score (nSPS) is 15.2. The number of H-pyrrole nitrogens is 1. The Labute approximate surface area is 228 Å². The van der Waals surface area contributed by atoms with Gasteiger partial charge in [-0.2, -0.15) is 4.31 Å². The van der Waals surface area contributed by atoms with E-state index < -0.39 is 10.0 Å². The molecule has 39 heavy (non-hydrogen) atoms. The fourth-order valence-electron chi connectivity index (χ4n) is 5.23. The van der Waals surface area contributed by atoms with Crippen LogP contribution in [-0.4, -0.2) is 57.9 Å². The number of nitrogens with zero attached hydrogens (tertiary/aromatic N) is 4. The molecular formula is C29H35N5O4S. The van der Waals surface area contributed by atoms with Gasteiger partial charge < -0.3 is 4.98 Å². The van der Waals surface area contributed by atoms with E-state index in [0.29, 0.717) is 62.4 Å². The Morgan fingerprint density at radius 1 is 0.821 bits per heavy atom. The molecule has 10 heteroatoms. The molecule has 0 amide bonds. The van der Waals surface area contributed by atoms with Crippen molar-refractivity contribution in [3.63, 3.8) is 0 Å². The van der Waals surface area contributed by atoms with Crippen LogP contribution >= 0.6 is 0 Å². The van der Waals surface area contributed by atoms with E-state index in [4.69, 9.17) is 0 Å². The van der Waals surface area contributed by atoms with Crippen LogP contribution in [0.4, 0.5) is 0 Å². The SMILES string of the molecule is CCCn1c(=O)c2[nH]c(-c3ccc(S(=O)(=O)N4CCN(Cc5ccccc5)CC4)cc3)cc2n(CCC)c1=O. The zero-order chi connectivity index (χ0) is 27.6. The lowest BCUT2D eigenvalue weighted by molar-refractivity contribution is 0.181. The summed E-state index contributed by atoms with van der Waals surface area (Å²) in [7, 11) is -3.62. The van der Waals surface area contributed by atoms with Gasteiger partial charge in [0.1, 0.15) is 5.52 Å². The van der Waals surface area contributed by atoms with E-state index in [2.05, 4.69) is 22.0 Å². The topological polar surface area (TPSA) is 100 Å². The predicted octanol–water partition coefficient (Wildman–Crippen LogP) is 3.48. The second-order valence-electron chi connectivity index (χ2n) is 10.0. The van der Waals surface area contributed by atoms with Gasteiger partial charge in [0, 0.05) is 51.5 Å². The average molecular weight is 550 g/mol. The minimum absolute atomic E-state index is 0.243. The maximum atomic E-state index is 13.4. The number of fused-ring (bicyclic) bond motifs is 1. The molecule has 206 valence electrons. The van der Waals surface area contributed by atoms with Gasteiger partial charge in [0.15, 0.2) is 0 Å². The number of rotatable bonds is 9. The van der Waals surface area contributed by atoms with Crippen LogP contribution in [0.25, 0.3) is 22.3 Å². The van der Waals surface area contributed by atoms with Crippen molar-refractivity contribution in [1.82, 2.24) is 23.3 Å². The summed E-state index contributed by atoms with van der Waals surface area (Å²) in [5.74, 6) is 0. The van der Waals surface area contributed by atoms with Crippen molar-refractivity contribution in [1.29, 1.82) is 0 Å². The van der Waals surface area contributed by atoms with Gasteiger partial charge in [0.25, 0.3) is 5.56 Å². The standard InChI is InChI=1S/C29H35N5O4S/c1-3-14-33-26-20-25(30-27(26)28(35)34(15-4-2)29(33)36)23-10-12-24(13-11-23)39(37,38)32-18-16-31(17-19-32)21-22-8-6-5-7-9-22/h5-13,20,30H,3-4,14-19,21H2,1-2H3. The molecule has 0 atom stereocenters. The van der Waals surface area contributed by atoms with Crippen LogP contribution < -0.4 is 11.2 Å². The molecule has 9 nitrogen and oxygen atoms in total. The zero-order valence-corrected chi connectivity index (χ0v) is 23.3. The van der Waals surface area contributed by atoms with Crippen molar-refractivity contribution in [3.05, 3.63) is 87.1 Å². The molecule has 0 saturated carbocycles. The minimum atomic E-state index is -3.62. The van der Waals surface area contributed by atoms with Crippen LogP contribution in [0.5, 0.6) is 0 Å². The second-order valence-corrected chi connectivity index (χ2v) is 12.0. The first-order chi connectivity index (χ1) is 18.8. The molecular weight excluding hydrogens is 514 g/mol. The van der Waals surface area contributed by atoms with E-state index >= 15 is 0 Å². The Hall–Kier alpha value is -3.47. The van der Waals surface area contributed by atoms with Crippen molar-refractivity contribution < 1.29 is 8.42 Å². The number of aromatic amines is 1. The monoisotopic (exact) mass is 549 g/mol. The van der Waals surface area contributed by atoms with Crippen LogP contribution in [0, 0.1) is 0 Å². The molecule has 2 aromatic carbocycles. The van der Waals surface area contributed by atoms with Crippen LogP contribution in [0.2, 0.25) is 0 Å². The largest absolute Gasteiger partial charge is 0.349 e. The first-order valence-corrected chi connectivity index (χ1v) is 15.0. The summed E-state index contributed by atoms with van der Waals surface area (Å²) in [6.45, 7) is 7.83. The van der Waals surface area contributed by atoms with Crippen LogP contribution in [0.3, 0.4) is 0 Å². The first kappa shape index (κ1) is 27.1. The van der Waals surface area contributed by atoms with Gasteiger partial charge in [-0.1, -0.05) is 56.3 Å².